The SMILES string of the molecule is CC1CCN(c2nnc(SCc3cc(-c4cccs4)on3)n2Cc2ccco2)CC1. The van der Waals surface area contributed by atoms with E-state index in [4.69, 9.17) is 8.94 Å². The van der Waals surface area contributed by atoms with Gasteiger partial charge >= 0.3 is 0 Å². The highest BCUT2D eigenvalue weighted by atomic mass is 32.2. The van der Waals surface area contributed by atoms with Crippen LogP contribution in [-0.2, 0) is 12.3 Å². The third-order valence-corrected chi connectivity index (χ3v) is 7.21. The highest BCUT2D eigenvalue weighted by molar-refractivity contribution is 7.98. The van der Waals surface area contributed by atoms with Crippen molar-refractivity contribution in [2.75, 3.05) is 18.0 Å². The maximum atomic E-state index is 5.60. The minimum Gasteiger partial charge on any atom is -0.467 e. The van der Waals surface area contributed by atoms with E-state index in [9.17, 15) is 0 Å². The molecule has 30 heavy (non-hydrogen) atoms. The number of nitrogens with zero attached hydrogens (tertiary/aromatic N) is 5. The second-order valence-corrected chi connectivity index (χ2v) is 9.46. The minimum atomic E-state index is 0.614. The van der Waals surface area contributed by atoms with Crippen molar-refractivity contribution in [3.8, 4) is 10.6 Å². The van der Waals surface area contributed by atoms with E-state index >= 15 is 0 Å². The monoisotopic (exact) mass is 441 g/mol. The zero-order valence-corrected chi connectivity index (χ0v) is 18.4. The van der Waals surface area contributed by atoms with Gasteiger partial charge in [-0.15, -0.1) is 21.5 Å². The second-order valence-electron chi connectivity index (χ2n) is 7.57. The van der Waals surface area contributed by atoms with Crippen LogP contribution in [0.25, 0.3) is 10.6 Å². The van der Waals surface area contributed by atoms with Crippen LogP contribution in [0.2, 0.25) is 0 Å². The van der Waals surface area contributed by atoms with Crippen LogP contribution in [0.5, 0.6) is 0 Å². The van der Waals surface area contributed by atoms with Gasteiger partial charge in [0.15, 0.2) is 10.9 Å². The molecular formula is C21H23N5O2S2. The fourth-order valence-electron chi connectivity index (χ4n) is 3.58. The zero-order chi connectivity index (χ0) is 20.3. The number of hydrogen-bond donors (Lipinski definition) is 0. The van der Waals surface area contributed by atoms with Crippen molar-refractivity contribution in [3.05, 3.63) is 53.4 Å². The summed E-state index contributed by atoms with van der Waals surface area (Å²) in [4.78, 5) is 3.42. The van der Waals surface area contributed by atoms with E-state index in [-0.39, 0.29) is 0 Å². The van der Waals surface area contributed by atoms with Crippen molar-refractivity contribution >= 4 is 29.0 Å². The molecule has 1 saturated heterocycles. The van der Waals surface area contributed by atoms with Crippen LogP contribution in [-0.4, -0.2) is 33.0 Å². The number of thiophene rings is 1. The fraction of sp³-hybridized carbons (Fsp3) is 0.381. The highest BCUT2D eigenvalue weighted by Gasteiger charge is 2.23. The average molecular weight is 442 g/mol. The summed E-state index contributed by atoms with van der Waals surface area (Å²) < 4.78 is 13.3. The number of aromatic nitrogens is 4. The Morgan fingerprint density at radius 2 is 2.10 bits per heavy atom. The topological polar surface area (TPSA) is 73.1 Å². The molecule has 0 N–H and O–H groups in total. The quantitative estimate of drug-likeness (QED) is 0.367. The Morgan fingerprint density at radius 3 is 2.87 bits per heavy atom. The average Bonchev–Trinajstić information content (AvgIpc) is 3.55. The van der Waals surface area contributed by atoms with Gasteiger partial charge in [-0.25, -0.2) is 0 Å². The molecule has 0 saturated carbocycles. The van der Waals surface area contributed by atoms with E-state index in [0.717, 1.165) is 52.2 Å². The van der Waals surface area contributed by atoms with Gasteiger partial charge < -0.3 is 13.8 Å². The molecule has 0 amide bonds. The summed E-state index contributed by atoms with van der Waals surface area (Å²) in [6, 6.07) is 9.95. The van der Waals surface area contributed by atoms with Crippen molar-refractivity contribution in [1.29, 1.82) is 0 Å². The highest BCUT2D eigenvalue weighted by Crippen LogP contribution is 2.30. The van der Waals surface area contributed by atoms with Crippen LogP contribution < -0.4 is 4.90 Å². The number of rotatable bonds is 7. The third-order valence-electron chi connectivity index (χ3n) is 5.33. The van der Waals surface area contributed by atoms with Crippen LogP contribution in [0, 0.1) is 5.92 Å². The molecule has 4 aromatic rings. The number of furan rings is 1. The summed E-state index contributed by atoms with van der Waals surface area (Å²) in [6.07, 6.45) is 4.07. The van der Waals surface area contributed by atoms with E-state index in [1.54, 1.807) is 29.4 Å². The molecule has 0 unspecified atom stereocenters. The molecule has 0 spiro atoms. The Bertz CT molecular complexity index is 1060. The molecule has 1 fully saturated rings. The lowest BCUT2D eigenvalue weighted by Crippen LogP contribution is -2.35. The maximum absolute atomic E-state index is 5.60. The first-order chi connectivity index (χ1) is 14.8. The van der Waals surface area contributed by atoms with Gasteiger partial charge in [-0.1, -0.05) is 29.9 Å². The number of thioether (sulfide) groups is 1. The van der Waals surface area contributed by atoms with Crippen molar-refractivity contribution in [2.24, 2.45) is 5.92 Å². The molecule has 7 nitrogen and oxygen atoms in total. The predicted octanol–water partition coefficient (Wildman–Crippen LogP) is 5.16. The molecule has 156 valence electrons. The normalized spacial score (nSPS) is 15.2. The third kappa shape index (κ3) is 4.17. The zero-order valence-electron chi connectivity index (χ0n) is 16.7. The second kappa shape index (κ2) is 8.69. The lowest BCUT2D eigenvalue weighted by molar-refractivity contribution is 0.426. The Morgan fingerprint density at radius 1 is 1.20 bits per heavy atom. The minimum absolute atomic E-state index is 0.614. The lowest BCUT2D eigenvalue weighted by atomic mass is 10.00. The van der Waals surface area contributed by atoms with Gasteiger partial charge in [0.05, 0.1) is 23.4 Å². The summed E-state index contributed by atoms with van der Waals surface area (Å²) in [5.41, 5.74) is 0.893. The molecule has 5 rings (SSSR count). The Labute approximate surface area is 183 Å². The molecule has 5 heterocycles. The van der Waals surface area contributed by atoms with Gasteiger partial charge in [-0.2, -0.15) is 0 Å². The van der Waals surface area contributed by atoms with E-state index in [2.05, 4.69) is 31.7 Å². The summed E-state index contributed by atoms with van der Waals surface area (Å²) >= 11 is 3.26. The summed E-state index contributed by atoms with van der Waals surface area (Å²) in [5, 5.41) is 16.2. The first-order valence-corrected chi connectivity index (χ1v) is 12.0. The molecular weight excluding hydrogens is 418 g/mol. The summed E-state index contributed by atoms with van der Waals surface area (Å²) in [5.74, 6) is 4.05. The summed E-state index contributed by atoms with van der Waals surface area (Å²) in [6.45, 7) is 4.95. The molecule has 4 aromatic heterocycles. The van der Waals surface area contributed by atoms with Crippen LogP contribution in [0.1, 0.15) is 31.2 Å². The van der Waals surface area contributed by atoms with E-state index in [1.165, 1.54) is 12.8 Å². The molecule has 0 radical (unpaired) electrons. The fourth-order valence-corrected chi connectivity index (χ4v) is 5.07. The Kier molecular flexibility index (Phi) is 5.63. The largest absolute Gasteiger partial charge is 0.467 e. The van der Waals surface area contributed by atoms with Gasteiger partial charge in [0, 0.05) is 24.9 Å². The number of hydrogen-bond acceptors (Lipinski definition) is 8. The Balaban J connectivity index is 1.35. The standard InChI is InChI=1S/C21H23N5O2S2/c1-15-6-8-25(9-7-15)20-22-23-21(26(20)13-17-4-2-10-27-17)30-14-16-12-18(28-24-16)19-5-3-11-29-19/h2-5,10-12,15H,6-9,13-14H2,1H3. The first kappa shape index (κ1) is 19.4. The molecule has 0 atom stereocenters. The molecule has 1 aliphatic rings. The van der Waals surface area contributed by atoms with E-state index < -0.39 is 0 Å². The molecule has 0 aliphatic carbocycles. The van der Waals surface area contributed by atoms with Gasteiger partial charge in [0.25, 0.3) is 0 Å². The van der Waals surface area contributed by atoms with Crippen LogP contribution in [0.4, 0.5) is 5.95 Å². The van der Waals surface area contributed by atoms with E-state index in [1.807, 2.05) is 35.7 Å². The first-order valence-electron chi connectivity index (χ1n) is 10.1. The smallest absolute Gasteiger partial charge is 0.228 e. The van der Waals surface area contributed by atoms with Crippen LogP contribution >= 0.6 is 23.1 Å². The number of piperidine rings is 1. The van der Waals surface area contributed by atoms with Crippen molar-refractivity contribution in [1.82, 2.24) is 19.9 Å². The molecule has 1 aliphatic heterocycles. The van der Waals surface area contributed by atoms with Gasteiger partial charge in [0.2, 0.25) is 5.95 Å². The van der Waals surface area contributed by atoms with Crippen molar-refractivity contribution in [2.45, 2.75) is 37.2 Å². The maximum Gasteiger partial charge on any atom is 0.228 e. The number of anilines is 1. The van der Waals surface area contributed by atoms with E-state index in [0.29, 0.717) is 12.3 Å². The lowest BCUT2D eigenvalue weighted by Gasteiger charge is -2.31. The van der Waals surface area contributed by atoms with Crippen LogP contribution in [0.15, 0.2) is 56.1 Å². The summed E-state index contributed by atoms with van der Waals surface area (Å²) in [7, 11) is 0. The van der Waals surface area contributed by atoms with Crippen molar-refractivity contribution in [3.63, 3.8) is 0 Å². The van der Waals surface area contributed by atoms with Gasteiger partial charge in [-0.3, -0.25) is 4.57 Å². The van der Waals surface area contributed by atoms with Crippen molar-refractivity contribution < 1.29 is 8.94 Å². The van der Waals surface area contributed by atoms with Gasteiger partial charge in [0.1, 0.15) is 5.76 Å². The molecule has 0 aromatic carbocycles. The molecule has 0 bridgehead atoms. The Hall–Kier alpha value is -2.52. The van der Waals surface area contributed by atoms with Gasteiger partial charge in [-0.05, 0) is 42.3 Å². The van der Waals surface area contributed by atoms with Crippen LogP contribution in [0.3, 0.4) is 0 Å². The predicted molar refractivity (Wildman–Crippen MR) is 118 cm³/mol. The molecule has 9 heteroatoms.